The van der Waals surface area contributed by atoms with Gasteiger partial charge in [0.05, 0.1) is 43.3 Å². The Labute approximate surface area is 347 Å². The molecule has 0 spiro atoms. The molecule has 19 heteroatoms. The highest BCUT2D eigenvalue weighted by Gasteiger charge is 2.35. The molecular weight excluding hydrogens is 822 g/mol. The first-order valence-electron chi connectivity index (χ1n) is 17.5. The van der Waals surface area contributed by atoms with Gasteiger partial charge in [-0.05, 0) is 83.5 Å². The molecule has 2 heterocycles. The van der Waals surface area contributed by atoms with Crippen molar-refractivity contribution in [2.75, 3.05) is 35.9 Å². The fourth-order valence-electron chi connectivity index (χ4n) is 5.24. The summed E-state index contributed by atoms with van der Waals surface area (Å²) >= 11 is 8.35. The number of amides is 4. The van der Waals surface area contributed by atoms with Gasteiger partial charge in [0.1, 0.15) is 34.9 Å². The molecule has 14 nitrogen and oxygen atoms in total. The minimum atomic E-state index is -0.936. The van der Waals surface area contributed by atoms with E-state index in [1.165, 1.54) is 46.6 Å². The monoisotopic (exact) mass is 864 g/mol. The quantitative estimate of drug-likeness (QED) is 0.166. The third-order valence-electron chi connectivity index (χ3n) is 7.80. The van der Waals surface area contributed by atoms with Crippen LogP contribution in [-0.2, 0) is 35.1 Å². The van der Waals surface area contributed by atoms with E-state index in [-0.39, 0.29) is 34.9 Å². The van der Waals surface area contributed by atoms with E-state index in [0.717, 1.165) is 25.8 Å². The van der Waals surface area contributed by atoms with Crippen LogP contribution in [-0.4, -0.2) is 85.0 Å². The van der Waals surface area contributed by atoms with Crippen molar-refractivity contribution in [3.63, 3.8) is 0 Å². The largest absolute Gasteiger partial charge is 0.465 e. The summed E-state index contributed by atoms with van der Waals surface area (Å²) < 4.78 is 48.2. The summed E-state index contributed by atoms with van der Waals surface area (Å²) in [4.78, 5) is 76.0. The highest BCUT2D eigenvalue weighted by atomic mass is 35.5. The number of alkyl carbamates (subject to hydrolysis) is 2. The lowest BCUT2D eigenvalue weighted by Crippen LogP contribution is -2.50. The molecule has 5 rings (SSSR count). The molecule has 4 amide bonds. The van der Waals surface area contributed by atoms with Crippen LogP contribution in [0.4, 0.5) is 29.7 Å². The number of hydrogen-bond acceptors (Lipinski definition) is 12. The van der Waals surface area contributed by atoms with Crippen molar-refractivity contribution in [3.05, 3.63) is 81.9 Å². The molecule has 0 unspecified atom stereocenters. The summed E-state index contributed by atoms with van der Waals surface area (Å²) in [5.74, 6) is -3.77. The molecule has 312 valence electrons. The van der Waals surface area contributed by atoms with Crippen molar-refractivity contribution < 1.29 is 56.5 Å². The first-order valence-corrected chi connectivity index (χ1v) is 19.9. The molecule has 0 saturated heterocycles. The fraction of sp³-hybridized carbons (Fsp3) is 0.385. The summed E-state index contributed by atoms with van der Waals surface area (Å²) in [6.07, 6.45) is -1.46. The summed E-state index contributed by atoms with van der Waals surface area (Å²) in [5, 5.41) is 8.21. The van der Waals surface area contributed by atoms with Gasteiger partial charge in [-0.3, -0.25) is 9.59 Å². The summed E-state index contributed by atoms with van der Waals surface area (Å²) in [5.41, 5.74) is -0.619. The van der Waals surface area contributed by atoms with Gasteiger partial charge in [-0.25, -0.2) is 28.0 Å². The van der Waals surface area contributed by atoms with E-state index in [2.05, 4.69) is 25.4 Å². The van der Waals surface area contributed by atoms with Crippen LogP contribution in [0.15, 0.2) is 58.3 Å². The molecule has 2 aliphatic heterocycles. The molecule has 2 atom stereocenters. The van der Waals surface area contributed by atoms with Crippen LogP contribution in [0.3, 0.4) is 0 Å². The standard InChI is InChI=1S/C23H24ClFN2O5S.C16H19FN2O5S/c1-23(2,3)32-22(30)26-17-12-33-19-10-16(25)15(21(29)31-4)9-18(19)27(20(17)28)11-13-5-7-14(24)8-6-13;1-16(2,3)24-15(22)19-11-7-25-12-6-9(17)8(14(21)23-4)5-10(12)18-13(11)20/h5-10,17H,11-12H2,1-4H3,(H,26,30);5-6,11H,7H2,1-4H3,(H,18,20)(H,19,22)/t17-;11-/m00/s1. The van der Waals surface area contributed by atoms with Crippen molar-refractivity contribution >= 4 is 82.4 Å². The summed E-state index contributed by atoms with van der Waals surface area (Å²) in [6, 6.07) is 9.97. The predicted octanol–water partition coefficient (Wildman–Crippen LogP) is 7.35. The second-order valence-corrected chi connectivity index (χ2v) is 17.2. The maximum absolute atomic E-state index is 14.6. The zero-order chi connectivity index (χ0) is 43.1. The van der Waals surface area contributed by atoms with E-state index in [1.807, 2.05) is 0 Å². The minimum absolute atomic E-state index is 0.113. The van der Waals surface area contributed by atoms with E-state index in [0.29, 0.717) is 20.5 Å². The lowest BCUT2D eigenvalue weighted by atomic mass is 10.1. The molecule has 3 aromatic rings. The van der Waals surface area contributed by atoms with Crippen molar-refractivity contribution in [2.45, 2.75) is 81.2 Å². The molecule has 0 aliphatic carbocycles. The number of esters is 2. The number of carbonyl (C=O) groups is 6. The van der Waals surface area contributed by atoms with Gasteiger partial charge in [0, 0.05) is 26.3 Å². The maximum atomic E-state index is 14.6. The third-order valence-corrected chi connectivity index (χ3v) is 10.3. The number of ether oxygens (including phenoxy) is 4. The van der Waals surface area contributed by atoms with E-state index in [9.17, 15) is 37.5 Å². The highest BCUT2D eigenvalue weighted by molar-refractivity contribution is 7.99. The van der Waals surface area contributed by atoms with Gasteiger partial charge >= 0.3 is 24.1 Å². The number of hydrogen-bond donors (Lipinski definition) is 3. The number of benzene rings is 3. The highest BCUT2D eigenvalue weighted by Crippen LogP contribution is 2.38. The Morgan fingerprint density at radius 3 is 1.79 bits per heavy atom. The Kier molecular flexibility index (Phi) is 15.0. The van der Waals surface area contributed by atoms with E-state index in [1.54, 1.807) is 65.8 Å². The van der Waals surface area contributed by atoms with Gasteiger partial charge in [0.15, 0.2) is 0 Å². The fourth-order valence-corrected chi connectivity index (χ4v) is 7.48. The third kappa shape index (κ3) is 12.5. The van der Waals surface area contributed by atoms with Gasteiger partial charge in [0.25, 0.3) is 5.91 Å². The van der Waals surface area contributed by atoms with Crippen LogP contribution in [0, 0.1) is 11.6 Å². The normalized spacial score (nSPS) is 16.4. The van der Waals surface area contributed by atoms with E-state index in [4.69, 9.17) is 21.1 Å². The van der Waals surface area contributed by atoms with Crippen LogP contribution < -0.4 is 20.9 Å². The van der Waals surface area contributed by atoms with Crippen molar-refractivity contribution in [1.82, 2.24) is 10.6 Å². The topological polar surface area (TPSA) is 179 Å². The molecule has 3 aromatic carbocycles. The lowest BCUT2D eigenvalue weighted by molar-refractivity contribution is -0.120. The molecule has 0 fully saturated rings. The SMILES string of the molecule is COC(=O)c1cc2c(cc1F)SC[C@H](NC(=O)OC(C)(C)C)C(=O)N2.COC(=O)c1cc2c(cc1F)SC[C@H](NC(=O)OC(C)(C)C)C(=O)N2Cc1ccc(Cl)cc1. The van der Waals surface area contributed by atoms with Gasteiger partial charge in [0.2, 0.25) is 5.91 Å². The zero-order valence-corrected chi connectivity index (χ0v) is 35.3. The first-order chi connectivity index (χ1) is 27.1. The number of carbonyl (C=O) groups excluding carboxylic acids is 6. The lowest BCUT2D eigenvalue weighted by Gasteiger charge is -2.27. The number of rotatable bonds is 6. The van der Waals surface area contributed by atoms with E-state index < -0.39 is 70.9 Å². The number of methoxy groups -OCH3 is 2. The predicted molar refractivity (Wildman–Crippen MR) is 215 cm³/mol. The molecule has 0 bridgehead atoms. The van der Waals surface area contributed by atoms with Crippen molar-refractivity contribution in [2.24, 2.45) is 0 Å². The smallest absolute Gasteiger partial charge is 0.408 e. The average molecular weight is 865 g/mol. The number of nitrogens with one attached hydrogen (secondary N) is 3. The molecule has 58 heavy (non-hydrogen) atoms. The summed E-state index contributed by atoms with van der Waals surface area (Å²) in [6.45, 7) is 10.4. The Hall–Kier alpha value is -5.07. The number of thioether (sulfide) groups is 2. The molecule has 0 saturated carbocycles. The van der Waals surface area contributed by atoms with Gasteiger partial charge in [-0.2, -0.15) is 0 Å². The van der Waals surface area contributed by atoms with Crippen LogP contribution in [0.1, 0.15) is 67.8 Å². The molecule has 0 radical (unpaired) electrons. The first kappa shape index (κ1) is 45.6. The molecule has 2 aliphatic rings. The van der Waals surface area contributed by atoms with Crippen molar-refractivity contribution in [3.8, 4) is 0 Å². The number of fused-ring (bicyclic) bond motifs is 2. The van der Waals surface area contributed by atoms with Gasteiger partial charge in [-0.1, -0.05) is 23.7 Å². The van der Waals surface area contributed by atoms with Crippen molar-refractivity contribution in [1.29, 1.82) is 0 Å². The van der Waals surface area contributed by atoms with Crippen LogP contribution >= 0.6 is 35.1 Å². The molecular formula is C39H43ClF2N4O10S2. The summed E-state index contributed by atoms with van der Waals surface area (Å²) in [7, 11) is 2.29. The molecule has 0 aromatic heterocycles. The second-order valence-electron chi connectivity index (χ2n) is 14.7. The van der Waals surface area contributed by atoms with Crippen LogP contribution in [0.25, 0.3) is 0 Å². The van der Waals surface area contributed by atoms with Gasteiger partial charge in [-0.15, -0.1) is 23.5 Å². The Bertz CT molecular complexity index is 2080. The van der Waals surface area contributed by atoms with E-state index >= 15 is 0 Å². The molecule has 3 N–H and O–H groups in total. The minimum Gasteiger partial charge on any atom is -0.465 e. The Morgan fingerprint density at radius 2 is 1.26 bits per heavy atom. The van der Waals surface area contributed by atoms with Crippen LogP contribution in [0.5, 0.6) is 0 Å². The Balaban J connectivity index is 0.000000267. The second kappa shape index (κ2) is 19.1. The number of nitrogens with zero attached hydrogens (tertiary/aromatic N) is 1. The number of halogens is 3. The van der Waals surface area contributed by atoms with Gasteiger partial charge < -0.3 is 39.8 Å². The zero-order valence-electron chi connectivity index (χ0n) is 32.9. The maximum Gasteiger partial charge on any atom is 0.408 e. The van der Waals surface area contributed by atoms with Crippen LogP contribution in [0.2, 0.25) is 5.02 Å². The number of anilines is 2. The average Bonchev–Trinajstić information content (AvgIpc) is 3.35. The Morgan fingerprint density at radius 1 is 0.776 bits per heavy atom.